The zero-order valence-electron chi connectivity index (χ0n) is 46.7. The number of fused-ring (bicyclic) bond motifs is 11. The Morgan fingerprint density at radius 2 is 0.987 bits per heavy atom. The van der Waals surface area contributed by atoms with Crippen molar-refractivity contribution in [3.05, 3.63) is 0 Å². The van der Waals surface area contributed by atoms with Crippen LogP contribution in [0.2, 0.25) is 0 Å². The molecule has 0 aromatic rings. The average Bonchev–Trinajstić information content (AvgIpc) is 3.91. The molecule has 4 amide bonds. The molecule has 0 aromatic carbocycles. The summed E-state index contributed by atoms with van der Waals surface area (Å²) < 4.78 is 62.3. The number of nitrogens with one attached hydrogen (secondary N) is 6. The van der Waals surface area contributed by atoms with E-state index in [9.17, 15) is 41.1 Å². The van der Waals surface area contributed by atoms with Gasteiger partial charge >= 0.3 is 0 Å². The lowest BCUT2D eigenvalue weighted by Gasteiger charge is -2.63. The Hall–Kier alpha value is -2.42. The molecule has 9 rings (SSSR count). The van der Waals surface area contributed by atoms with Crippen LogP contribution in [0, 0.1) is 92.7 Å². The third kappa shape index (κ3) is 11.8. The van der Waals surface area contributed by atoms with Crippen LogP contribution in [-0.4, -0.2) is 103 Å². The van der Waals surface area contributed by atoms with Crippen LogP contribution >= 0.6 is 0 Å². The molecule has 9 N–H and O–H groups in total. The molecule has 1 spiro atoms. The molecule has 17 nitrogen and oxygen atoms in total. The van der Waals surface area contributed by atoms with E-state index in [0.29, 0.717) is 97.2 Å². The van der Waals surface area contributed by atoms with Crippen molar-refractivity contribution < 1.29 is 50.2 Å². The Morgan fingerprint density at radius 3 is 1.50 bits per heavy atom. The monoisotopic (exact) mass is 1100 g/mol. The largest absolute Gasteiger partial charge is 0.393 e. The first kappa shape index (κ1) is 58.2. The third-order valence-corrected chi connectivity index (χ3v) is 25.4. The normalized spacial score (nSPS) is 41.9. The molecule has 19 heteroatoms. The topological polar surface area (TPSA) is 289 Å². The maximum absolute atomic E-state index is 13.5. The number of aliphatic hydroxyl groups excluding tert-OH is 1. The van der Waals surface area contributed by atoms with Crippen LogP contribution in [0.1, 0.15) is 189 Å². The molecule has 0 bridgehead atoms. The minimum Gasteiger partial charge on any atom is -0.393 e. The first-order valence-corrected chi connectivity index (χ1v) is 33.1. The van der Waals surface area contributed by atoms with Crippen LogP contribution in [0.15, 0.2) is 0 Å². The van der Waals surface area contributed by atoms with Gasteiger partial charge in [0.15, 0.2) is 0 Å². The van der Waals surface area contributed by atoms with Crippen molar-refractivity contribution in [2.75, 3.05) is 24.6 Å². The van der Waals surface area contributed by atoms with Crippen molar-refractivity contribution in [1.82, 2.24) is 32.1 Å². The van der Waals surface area contributed by atoms with Crippen LogP contribution in [0.5, 0.6) is 0 Å². The molecule has 76 heavy (non-hydrogen) atoms. The van der Waals surface area contributed by atoms with Crippen LogP contribution in [0.4, 0.5) is 0 Å². The summed E-state index contributed by atoms with van der Waals surface area (Å²) in [5, 5.41) is 24.1. The van der Waals surface area contributed by atoms with E-state index in [1.165, 1.54) is 19.3 Å². The van der Waals surface area contributed by atoms with Gasteiger partial charge in [0.2, 0.25) is 23.6 Å². The Morgan fingerprint density at radius 1 is 0.553 bits per heavy atom. The summed E-state index contributed by atoms with van der Waals surface area (Å²) in [6.45, 7) is 14.3. The molecule has 1 saturated heterocycles. The lowest BCUT2D eigenvalue weighted by Crippen LogP contribution is -2.62. The predicted octanol–water partition coefficient (Wildman–Crippen LogP) is 6.67. The van der Waals surface area contributed by atoms with Gasteiger partial charge in [0.25, 0.3) is 20.2 Å². The molecule has 1 heterocycles. The van der Waals surface area contributed by atoms with Crippen LogP contribution < -0.4 is 32.1 Å². The van der Waals surface area contributed by atoms with Crippen molar-refractivity contribution >= 4 is 43.9 Å². The second kappa shape index (κ2) is 22.1. The van der Waals surface area contributed by atoms with Gasteiger partial charge in [0, 0.05) is 50.9 Å². The number of carbonyl (C=O) groups is 4. The average molecular weight is 1110 g/mol. The van der Waals surface area contributed by atoms with Gasteiger partial charge in [-0.3, -0.25) is 28.3 Å². The van der Waals surface area contributed by atoms with Gasteiger partial charge in [-0.1, -0.05) is 41.5 Å². The molecule has 19 atom stereocenters. The van der Waals surface area contributed by atoms with Crippen molar-refractivity contribution in [3.8, 4) is 0 Å². The Kier molecular flexibility index (Phi) is 17.0. The van der Waals surface area contributed by atoms with E-state index in [-0.39, 0.29) is 88.1 Å². The highest BCUT2D eigenvalue weighted by atomic mass is 32.2. The molecular formula is C57H96N6O11S2. The van der Waals surface area contributed by atoms with Gasteiger partial charge in [0.05, 0.1) is 23.3 Å². The second-order valence-electron chi connectivity index (χ2n) is 27.9. The van der Waals surface area contributed by atoms with Crippen molar-refractivity contribution in [2.45, 2.75) is 213 Å². The second-order valence-corrected chi connectivity index (χ2v) is 31.0. The molecule has 9 fully saturated rings. The number of rotatable bonds is 20. The highest BCUT2D eigenvalue weighted by molar-refractivity contribution is 7.86. The fourth-order valence-corrected chi connectivity index (χ4v) is 20.8. The quantitative estimate of drug-likeness (QED) is 0.0456. The zero-order chi connectivity index (χ0) is 54.8. The fourth-order valence-electron chi connectivity index (χ4n) is 20.0. The molecule has 0 aromatic heterocycles. The molecule has 9 aliphatic rings. The summed E-state index contributed by atoms with van der Waals surface area (Å²) in [5.74, 6) is 3.98. The zero-order valence-corrected chi connectivity index (χ0v) is 48.3. The van der Waals surface area contributed by atoms with Crippen molar-refractivity contribution in [2.24, 2.45) is 92.7 Å². The maximum atomic E-state index is 13.5. The van der Waals surface area contributed by atoms with Gasteiger partial charge in [-0.05, 0) is 215 Å². The number of hydrazine groups is 1. The summed E-state index contributed by atoms with van der Waals surface area (Å²) in [6, 6.07) is 0.198. The number of hydrogen-bond donors (Lipinski definition) is 9. The highest BCUT2D eigenvalue weighted by Gasteiger charge is 2.70. The minimum absolute atomic E-state index is 0.0104. The molecule has 12 unspecified atom stereocenters. The van der Waals surface area contributed by atoms with E-state index >= 15 is 0 Å². The van der Waals surface area contributed by atoms with Gasteiger partial charge < -0.3 is 26.4 Å². The summed E-state index contributed by atoms with van der Waals surface area (Å²) >= 11 is 0. The van der Waals surface area contributed by atoms with Crippen LogP contribution in [0.3, 0.4) is 0 Å². The summed E-state index contributed by atoms with van der Waals surface area (Å²) in [6.07, 6.45) is 19.7. The van der Waals surface area contributed by atoms with Gasteiger partial charge in [-0.15, -0.1) is 0 Å². The summed E-state index contributed by atoms with van der Waals surface area (Å²) in [7, 11) is -8.24. The smallest absolute Gasteiger partial charge is 0.266 e. The van der Waals surface area contributed by atoms with E-state index in [1.54, 1.807) is 0 Å². The van der Waals surface area contributed by atoms with Crippen LogP contribution in [-0.2, 0) is 39.4 Å². The summed E-state index contributed by atoms with van der Waals surface area (Å²) in [4.78, 5) is 52.1. The number of hydrogen-bond acceptors (Lipinski definition) is 11. The lowest BCUT2D eigenvalue weighted by molar-refractivity contribution is -0.167. The van der Waals surface area contributed by atoms with Crippen molar-refractivity contribution in [1.29, 1.82) is 0 Å². The highest BCUT2D eigenvalue weighted by Crippen LogP contribution is 2.72. The Bertz CT molecular complexity index is 2390. The van der Waals surface area contributed by atoms with E-state index in [1.807, 2.05) is 0 Å². The molecule has 8 saturated carbocycles. The number of carbonyl (C=O) groups excluding carboxylic acids is 4. The number of aliphatic hydroxyl groups is 1. The van der Waals surface area contributed by atoms with E-state index in [0.717, 1.165) is 96.3 Å². The standard InChI is InChI=1S/C57H96N6O11S2/c1-34(10-16-47(65)58-26-28-75(69,70)71)40-12-14-42-51-43(20-24-55(40,42)5)53(3)22-18-38(30-36(53)32-46(51)64)60-49(67)8-7-9-50(68)61-39-19-23-54(4)37(31-39)33-57(62-63-57)52-44-15-13-41(56(44,6)25-21-45(52)54)35(2)11-17-48(66)59-27-29-76(72,73)74/h34-46,51-52,62-64H,7-33H2,1-6H3,(H,58,65)(H,59,66)(H,60,67)(H,61,68)(H,69,70,71)(H,72,73,74)/t34-,35?,36?,37?,38-,39+,40?,41?,42-,43-,44+,45+,46?,51?,52?,53?,54?,55?,56?/m0/s1. The number of amides is 4. The first-order valence-electron chi connectivity index (χ1n) is 29.9. The minimum atomic E-state index is -4.12. The molecule has 8 aliphatic carbocycles. The Balaban J connectivity index is 0.699. The fraction of sp³-hybridized carbons (Fsp3) is 0.930. The molecule has 0 radical (unpaired) electrons. The predicted molar refractivity (Wildman–Crippen MR) is 290 cm³/mol. The first-order chi connectivity index (χ1) is 35.7. The van der Waals surface area contributed by atoms with E-state index in [2.05, 4.69) is 73.7 Å². The maximum Gasteiger partial charge on any atom is 0.266 e. The van der Waals surface area contributed by atoms with Gasteiger partial charge in [-0.25, -0.2) is 10.9 Å². The molecule has 1 aliphatic heterocycles. The third-order valence-electron chi connectivity index (χ3n) is 24.0. The SMILES string of the molecule is CC(CCC(=O)NCCS(=O)(=O)O)C1CC[C@@H]2C3[C@@H](CCC12C)C1(C)CC[C@@H](NC(=O)CCCC(=O)N[C@H]2CCC4(C)C(CC(O)C5[C@@H]4CCC4(C)C([C@@H](C)CCC(=O)NCCS(=O)(=O)O)CC[C@@H]54)C2)CC1CC31NN1. The van der Waals surface area contributed by atoms with E-state index in [4.69, 9.17) is 9.11 Å². The van der Waals surface area contributed by atoms with Gasteiger partial charge in [0.1, 0.15) is 0 Å². The van der Waals surface area contributed by atoms with Gasteiger partial charge in [-0.2, -0.15) is 16.8 Å². The lowest BCUT2D eigenvalue weighted by atomic mass is 9.42. The molecule has 432 valence electrons. The summed E-state index contributed by atoms with van der Waals surface area (Å²) in [5.41, 5.74) is 7.90. The molecular weight excluding hydrogens is 1010 g/mol. The Labute approximate surface area is 454 Å². The van der Waals surface area contributed by atoms with Crippen molar-refractivity contribution in [3.63, 3.8) is 0 Å². The van der Waals surface area contributed by atoms with E-state index < -0.39 is 31.7 Å². The van der Waals surface area contributed by atoms with Crippen LogP contribution in [0.25, 0.3) is 0 Å².